The maximum atomic E-state index is 11.9. The van der Waals surface area contributed by atoms with Gasteiger partial charge in [-0.3, -0.25) is 4.79 Å². The largest absolute Gasteiger partial charge is 0.376 e. The van der Waals surface area contributed by atoms with Crippen molar-refractivity contribution in [2.45, 2.75) is 39.5 Å². The van der Waals surface area contributed by atoms with Crippen molar-refractivity contribution in [2.24, 2.45) is 11.0 Å². The highest BCUT2D eigenvalue weighted by atomic mass is 127. The number of carbonyl (C=O) groups is 1. The fourth-order valence-electron chi connectivity index (χ4n) is 2.51. The van der Waals surface area contributed by atoms with Crippen molar-refractivity contribution in [3.05, 3.63) is 27.3 Å². The summed E-state index contributed by atoms with van der Waals surface area (Å²) in [5.41, 5.74) is 5.92. The number of hydrogen-bond acceptors (Lipinski definition) is 3. The van der Waals surface area contributed by atoms with Gasteiger partial charge in [0.15, 0.2) is 0 Å². The molecule has 4 nitrogen and oxygen atoms in total. The van der Waals surface area contributed by atoms with E-state index in [-0.39, 0.29) is 12.5 Å². The fraction of sp³-hybridized carbons (Fsp3) is 0.500. The first-order chi connectivity index (χ1) is 10.1. The number of benzene rings is 1. The van der Waals surface area contributed by atoms with Gasteiger partial charge >= 0.3 is 0 Å². The average Bonchev–Trinajstić information content (AvgIpc) is 2.45. The number of aryl methyl sites for hydroxylation is 1. The first kappa shape index (κ1) is 16.3. The Labute approximate surface area is 139 Å². The summed E-state index contributed by atoms with van der Waals surface area (Å²) in [5.74, 6) is 0.392. The average molecular weight is 399 g/mol. The second-order valence-corrected chi connectivity index (χ2v) is 6.84. The molecule has 114 valence electrons. The van der Waals surface area contributed by atoms with Crippen LogP contribution in [0, 0.1) is 16.4 Å². The third kappa shape index (κ3) is 4.98. The van der Waals surface area contributed by atoms with E-state index in [1.807, 2.05) is 19.1 Å². The number of halogens is 1. The van der Waals surface area contributed by atoms with Crippen LogP contribution in [0.3, 0.4) is 0 Å². The summed E-state index contributed by atoms with van der Waals surface area (Å²) in [6.07, 6.45) is 4.63. The van der Waals surface area contributed by atoms with Crippen LogP contribution < -0.4 is 10.7 Å². The van der Waals surface area contributed by atoms with Crippen molar-refractivity contribution in [1.29, 1.82) is 0 Å². The van der Waals surface area contributed by atoms with Crippen LogP contribution in [0.2, 0.25) is 0 Å². The van der Waals surface area contributed by atoms with E-state index in [9.17, 15) is 4.79 Å². The summed E-state index contributed by atoms with van der Waals surface area (Å²) < 4.78 is 1.19. The maximum absolute atomic E-state index is 11.9. The highest BCUT2D eigenvalue weighted by molar-refractivity contribution is 14.1. The Morgan fingerprint density at radius 3 is 2.95 bits per heavy atom. The molecule has 1 atom stereocenters. The van der Waals surface area contributed by atoms with Gasteiger partial charge in [-0.2, -0.15) is 5.10 Å². The predicted octanol–water partition coefficient (Wildman–Crippen LogP) is 3.69. The van der Waals surface area contributed by atoms with Crippen molar-refractivity contribution in [3.63, 3.8) is 0 Å². The molecule has 1 aromatic carbocycles. The van der Waals surface area contributed by atoms with E-state index in [0.29, 0.717) is 5.92 Å². The number of hydrazone groups is 1. The van der Waals surface area contributed by atoms with Gasteiger partial charge in [0.25, 0.3) is 5.91 Å². The van der Waals surface area contributed by atoms with Gasteiger partial charge in [0.1, 0.15) is 0 Å². The fourth-order valence-corrected chi connectivity index (χ4v) is 3.16. The Hall–Kier alpha value is -1.11. The summed E-state index contributed by atoms with van der Waals surface area (Å²) in [5, 5.41) is 7.44. The van der Waals surface area contributed by atoms with E-state index in [4.69, 9.17) is 0 Å². The second kappa shape index (κ2) is 7.77. The molecule has 0 bridgehead atoms. The zero-order valence-electron chi connectivity index (χ0n) is 12.6. The van der Waals surface area contributed by atoms with Crippen LogP contribution in [0.5, 0.6) is 0 Å². The monoisotopic (exact) mass is 399 g/mol. The van der Waals surface area contributed by atoms with E-state index >= 15 is 0 Å². The number of nitrogens with zero attached hydrogens (tertiary/aromatic N) is 1. The van der Waals surface area contributed by atoms with E-state index in [0.717, 1.165) is 23.4 Å². The molecule has 1 aromatic rings. The van der Waals surface area contributed by atoms with Gasteiger partial charge in [-0.15, -0.1) is 0 Å². The molecule has 5 heteroatoms. The summed E-state index contributed by atoms with van der Waals surface area (Å²) in [6, 6.07) is 6.11. The molecule has 1 fully saturated rings. The number of carbonyl (C=O) groups excluding carboxylic acids is 1. The number of hydrogen-bond donors (Lipinski definition) is 2. The topological polar surface area (TPSA) is 53.5 Å². The van der Waals surface area contributed by atoms with Gasteiger partial charge in [-0.05, 0) is 78.5 Å². The van der Waals surface area contributed by atoms with Crippen molar-refractivity contribution < 1.29 is 4.79 Å². The van der Waals surface area contributed by atoms with Crippen molar-refractivity contribution in [3.8, 4) is 0 Å². The third-order valence-corrected chi connectivity index (χ3v) is 4.51. The molecule has 0 heterocycles. The first-order valence-corrected chi connectivity index (χ1v) is 8.49. The molecule has 21 heavy (non-hydrogen) atoms. The van der Waals surface area contributed by atoms with Crippen molar-refractivity contribution in [2.75, 3.05) is 11.9 Å². The molecule has 1 saturated carbocycles. The smallest absolute Gasteiger partial charge is 0.259 e. The number of amides is 1. The van der Waals surface area contributed by atoms with E-state index in [1.165, 1.54) is 22.8 Å². The molecular weight excluding hydrogens is 377 g/mol. The highest BCUT2D eigenvalue weighted by Gasteiger charge is 2.16. The van der Waals surface area contributed by atoms with Crippen molar-refractivity contribution >= 4 is 39.9 Å². The van der Waals surface area contributed by atoms with Gasteiger partial charge in [0.05, 0.1) is 6.54 Å². The molecule has 2 rings (SSSR count). The summed E-state index contributed by atoms with van der Waals surface area (Å²) >= 11 is 2.28. The van der Waals surface area contributed by atoms with Crippen LogP contribution in [0.1, 0.15) is 38.2 Å². The van der Waals surface area contributed by atoms with Crippen molar-refractivity contribution in [1.82, 2.24) is 5.43 Å². The lowest BCUT2D eigenvalue weighted by molar-refractivity contribution is -0.119. The quantitative estimate of drug-likeness (QED) is 0.600. The second-order valence-electron chi connectivity index (χ2n) is 5.60. The van der Waals surface area contributed by atoms with Crippen LogP contribution in [0.25, 0.3) is 0 Å². The third-order valence-electron chi connectivity index (χ3n) is 3.84. The maximum Gasteiger partial charge on any atom is 0.259 e. The molecule has 0 spiro atoms. The standard InChI is InChI=1S/C16H22IN3O/c1-11-5-3-4-6-15(11)19-20-16(21)10-18-14-8-7-13(17)9-12(14)2/h7-9,11,18H,3-6,10H2,1-2H3,(H,20,21)/t11-/m0/s1. The molecule has 1 amide bonds. The van der Waals surface area contributed by atoms with Crippen LogP contribution in [-0.2, 0) is 4.79 Å². The minimum atomic E-state index is -0.0989. The number of rotatable bonds is 4. The van der Waals surface area contributed by atoms with Gasteiger partial charge in [-0.1, -0.05) is 13.3 Å². The Kier molecular flexibility index (Phi) is 6.02. The van der Waals surface area contributed by atoms with Gasteiger partial charge in [0, 0.05) is 15.0 Å². The molecular formula is C16H22IN3O. The molecule has 1 aliphatic rings. The minimum absolute atomic E-state index is 0.0989. The SMILES string of the molecule is Cc1cc(I)ccc1NCC(=O)NN=C1CCCC[C@@H]1C. The Balaban J connectivity index is 1.83. The normalized spacial score (nSPS) is 20.3. The van der Waals surface area contributed by atoms with Gasteiger partial charge in [-0.25, -0.2) is 5.43 Å². The molecule has 0 aromatic heterocycles. The lowest BCUT2D eigenvalue weighted by atomic mass is 9.89. The summed E-state index contributed by atoms with van der Waals surface area (Å²) in [7, 11) is 0. The molecule has 2 N–H and O–H groups in total. The minimum Gasteiger partial charge on any atom is -0.376 e. The molecule has 0 aliphatic heterocycles. The lowest BCUT2D eigenvalue weighted by Gasteiger charge is -2.19. The predicted molar refractivity (Wildman–Crippen MR) is 95.6 cm³/mol. The molecule has 1 aliphatic carbocycles. The van der Waals surface area contributed by atoms with Crippen LogP contribution in [0.15, 0.2) is 23.3 Å². The number of anilines is 1. The molecule has 0 unspecified atom stereocenters. The Morgan fingerprint density at radius 1 is 1.43 bits per heavy atom. The van der Waals surface area contributed by atoms with Crippen LogP contribution in [0.4, 0.5) is 5.69 Å². The van der Waals surface area contributed by atoms with E-state index in [1.54, 1.807) is 0 Å². The lowest BCUT2D eigenvalue weighted by Crippen LogP contribution is -2.29. The Morgan fingerprint density at radius 2 is 2.24 bits per heavy atom. The van der Waals surface area contributed by atoms with E-state index in [2.05, 4.69) is 51.4 Å². The Bertz CT molecular complexity index is 542. The zero-order valence-corrected chi connectivity index (χ0v) is 14.7. The van der Waals surface area contributed by atoms with Crippen LogP contribution in [-0.4, -0.2) is 18.2 Å². The van der Waals surface area contributed by atoms with Crippen LogP contribution >= 0.6 is 22.6 Å². The highest BCUT2D eigenvalue weighted by Crippen LogP contribution is 2.20. The molecule has 0 saturated heterocycles. The summed E-state index contributed by atoms with van der Waals surface area (Å²) in [4.78, 5) is 11.9. The molecule has 0 radical (unpaired) electrons. The zero-order chi connectivity index (χ0) is 15.2. The first-order valence-electron chi connectivity index (χ1n) is 7.41. The van der Waals surface area contributed by atoms with Gasteiger partial charge in [0.2, 0.25) is 0 Å². The van der Waals surface area contributed by atoms with Gasteiger partial charge < -0.3 is 5.32 Å². The summed E-state index contributed by atoms with van der Waals surface area (Å²) in [6.45, 7) is 4.45. The number of nitrogens with one attached hydrogen (secondary N) is 2. The van der Waals surface area contributed by atoms with E-state index < -0.39 is 0 Å².